The molecule has 0 aliphatic carbocycles. The largest absolute Gasteiger partial charge is 0.311 e. The zero-order chi connectivity index (χ0) is 22.6. The van der Waals surface area contributed by atoms with Gasteiger partial charge in [-0.3, -0.25) is 9.80 Å². The smallest absolute Gasteiger partial charge is 0.155 e. The summed E-state index contributed by atoms with van der Waals surface area (Å²) < 4.78 is 2.23. The zero-order valence-electron chi connectivity index (χ0n) is 20.0. The summed E-state index contributed by atoms with van der Waals surface area (Å²) >= 11 is 0. The molecular formula is C27H36N6. The van der Waals surface area contributed by atoms with Crippen molar-refractivity contribution < 1.29 is 0 Å². The van der Waals surface area contributed by atoms with E-state index in [0.717, 1.165) is 32.0 Å². The van der Waals surface area contributed by atoms with Gasteiger partial charge < -0.3 is 9.47 Å². The predicted octanol–water partition coefficient (Wildman–Crippen LogP) is 3.65. The van der Waals surface area contributed by atoms with Gasteiger partial charge in [0.1, 0.15) is 6.33 Å². The van der Waals surface area contributed by atoms with E-state index in [-0.39, 0.29) is 6.04 Å². The van der Waals surface area contributed by atoms with Crippen molar-refractivity contribution in [2.45, 2.75) is 44.4 Å². The monoisotopic (exact) mass is 444 g/mol. The first kappa shape index (κ1) is 22.3. The molecular weight excluding hydrogens is 408 g/mol. The second-order valence-electron chi connectivity index (χ2n) is 9.87. The molecule has 174 valence electrons. The molecule has 2 aromatic carbocycles. The van der Waals surface area contributed by atoms with Gasteiger partial charge in [0.15, 0.2) is 5.82 Å². The Hall–Kier alpha value is -2.54. The predicted molar refractivity (Wildman–Crippen MR) is 132 cm³/mol. The van der Waals surface area contributed by atoms with Crippen LogP contribution in [0.4, 0.5) is 0 Å². The van der Waals surface area contributed by atoms with Crippen molar-refractivity contribution in [1.29, 1.82) is 0 Å². The third kappa shape index (κ3) is 5.18. The van der Waals surface area contributed by atoms with Crippen LogP contribution in [0.2, 0.25) is 0 Å². The van der Waals surface area contributed by atoms with E-state index < -0.39 is 0 Å². The number of hydrogen-bond donors (Lipinski definition) is 0. The van der Waals surface area contributed by atoms with Crippen molar-refractivity contribution >= 4 is 0 Å². The highest BCUT2D eigenvalue weighted by Crippen LogP contribution is 2.33. The van der Waals surface area contributed by atoms with Gasteiger partial charge in [-0.25, -0.2) is 0 Å². The molecule has 3 aromatic rings. The highest BCUT2D eigenvalue weighted by atomic mass is 15.3. The highest BCUT2D eigenvalue weighted by Gasteiger charge is 2.36. The average Bonchev–Trinajstić information content (AvgIpc) is 3.58. The lowest BCUT2D eigenvalue weighted by Gasteiger charge is -2.30. The molecule has 0 amide bonds. The molecule has 2 saturated heterocycles. The second kappa shape index (κ2) is 10.2. The number of likely N-dealkylation sites (tertiary alicyclic amines) is 2. The Morgan fingerprint density at radius 1 is 0.939 bits per heavy atom. The van der Waals surface area contributed by atoms with E-state index in [1.165, 1.54) is 49.0 Å². The van der Waals surface area contributed by atoms with E-state index in [1.54, 1.807) is 0 Å². The fourth-order valence-corrected chi connectivity index (χ4v) is 5.48. The van der Waals surface area contributed by atoms with Crippen LogP contribution in [-0.4, -0.2) is 75.8 Å². The molecule has 2 aliphatic heterocycles. The Kier molecular flexibility index (Phi) is 6.85. The molecule has 5 rings (SSSR count). The SMILES string of the molecule is CN(C)Cc1ccc(C(c2nncn2Cc2ccccc2)N2CC[C@H](N3CCCC3)C2)cc1. The number of nitrogens with zero attached hydrogens (tertiary/aromatic N) is 6. The molecule has 0 radical (unpaired) electrons. The summed E-state index contributed by atoms with van der Waals surface area (Å²) in [7, 11) is 4.23. The number of benzene rings is 2. The van der Waals surface area contributed by atoms with Crippen molar-refractivity contribution in [3.63, 3.8) is 0 Å². The summed E-state index contributed by atoms with van der Waals surface area (Å²) in [5.74, 6) is 1.04. The second-order valence-corrected chi connectivity index (χ2v) is 9.87. The van der Waals surface area contributed by atoms with Gasteiger partial charge in [-0.1, -0.05) is 54.6 Å². The van der Waals surface area contributed by atoms with Crippen molar-refractivity contribution in [3.8, 4) is 0 Å². The van der Waals surface area contributed by atoms with Gasteiger partial charge in [0.25, 0.3) is 0 Å². The van der Waals surface area contributed by atoms with Crippen molar-refractivity contribution in [1.82, 2.24) is 29.5 Å². The molecule has 2 aliphatic rings. The maximum atomic E-state index is 4.68. The van der Waals surface area contributed by atoms with Gasteiger partial charge in [-0.05, 0) is 63.1 Å². The normalized spacial score (nSPS) is 20.6. The minimum Gasteiger partial charge on any atom is -0.311 e. The van der Waals surface area contributed by atoms with E-state index in [2.05, 4.69) is 98.2 Å². The van der Waals surface area contributed by atoms with Gasteiger partial charge in [0, 0.05) is 25.7 Å². The number of rotatable bonds is 8. The van der Waals surface area contributed by atoms with Gasteiger partial charge in [0.2, 0.25) is 0 Å². The first-order valence-electron chi connectivity index (χ1n) is 12.3. The van der Waals surface area contributed by atoms with E-state index >= 15 is 0 Å². The summed E-state index contributed by atoms with van der Waals surface area (Å²) in [6, 6.07) is 20.5. The van der Waals surface area contributed by atoms with Gasteiger partial charge >= 0.3 is 0 Å². The fraction of sp³-hybridized carbons (Fsp3) is 0.481. The lowest BCUT2D eigenvalue weighted by molar-refractivity contribution is 0.210. The van der Waals surface area contributed by atoms with Crippen LogP contribution >= 0.6 is 0 Å². The van der Waals surface area contributed by atoms with E-state index in [0.29, 0.717) is 6.04 Å². The molecule has 0 saturated carbocycles. The third-order valence-electron chi connectivity index (χ3n) is 7.10. The molecule has 33 heavy (non-hydrogen) atoms. The maximum Gasteiger partial charge on any atom is 0.155 e. The van der Waals surface area contributed by atoms with Crippen LogP contribution < -0.4 is 0 Å². The van der Waals surface area contributed by atoms with E-state index in [9.17, 15) is 0 Å². The summed E-state index contributed by atoms with van der Waals surface area (Å²) in [6.45, 7) is 6.46. The summed E-state index contributed by atoms with van der Waals surface area (Å²) in [6.07, 6.45) is 5.82. The quantitative estimate of drug-likeness (QED) is 0.530. The molecule has 2 atom stereocenters. The van der Waals surface area contributed by atoms with Crippen LogP contribution in [0.1, 0.15) is 47.8 Å². The average molecular weight is 445 g/mol. The van der Waals surface area contributed by atoms with Crippen LogP contribution in [0, 0.1) is 0 Å². The zero-order valence-corrected chi connectivity index (χ0v) is 20.0. The molecule has 1 unspecified atom stereocenters. The maximum absolute atomic E-state index is 4.68. The van der Waals surface area contributed by atoms with Gasteiger partial charge in [-0.15, -0.1) is 10.2 Å². The topological polar surface area (TPSA) is 40.4 Å². The lowest BCUT2D eigenvalue weighted by atomic mass is 10.0. The van der Waals surface area contributed by atoms with Crippen molar-refractivity contribution in [3.05, 3.63) is 83.4 Å². The standard InChI is InChI=1S/C27H36N6/c1-30(2)18-23-10-12-24(13-11-23)26(32-17-14-25(20-32)31-15-6-7-16-31)27-29-28-21-33(27)19-22-8-4-3-5-9-22/h3-5,8-13,21,25-26H,6-7,14-20H2,1-2H3/t25-,26?/m0/s1. The molecule has 3 heterocycles. The molecule has 6 heteroatoms. The van der Waals surface area contributed by atoms with Gasteiger partial charge in [-0.2, -0.15) is 0 Å². The van der Waals surface area contributed by atoms with Crippen LogP contribution in [-0.2, 0) is 13.1 Å². The Bertz CT molecular complexity index is 1010. The van der Waals surface area contributed by atoms with Crippen LogP contribution in [0.25, 0.3) is 0 Å². The molecule has 0 bridgehead atoms. The fourth-order valence-electron chi connectivity index (χ4n) is 5.48. The minimum absolute atomic E-state index is 0.122. The summed E-state index contributed by atoms with van der Waals surface area (Å²) in [5.41, 5.74) is 3.92. The summed E-state index contributed by atoms with van der Waals surface area (Å²) in [4.78, 5) is 7.55. The molecule has 1 aromatic heterocycles. The Morgan fingerprint density at radius 2 is 1.70 bits per heavy atom. The lowest BCUT2D eigenvalue weighted by Crippen LogP contribution is -2.37. The molecule has 2 fully saturated rings. The van der Waals surface area contributed by atoms with Crippen molar-refractivity contribution in [2.24, 2.45) is 0 Å². The summed E-state index contributed by atoms with van der Waals surface area (Å²) in [5, 5.41) is 9.04. The number of aromatic nitrogens is 3. The van der Waals surface area contributed by atoms with Gasteiger partial charge in [0.05, 0.1) is 12.6 Å². The Morgan fingerprint density at radius 3 is 2.42 bits per heavy atom. The first-order chi connectivity index (χ1) is 16.2. The van der Waals surface area contributed by atoms with Crippen molar-refractivity contribution in [2.75, 3.05) is 40.3 Å². The Balaban J connectivity index is 1.44. The van der Waals surface area contributed by atoms with E-state index in [4.69, 9.17) is 0 Å². The third-order valence-corrected chi connectivity index (χ3v) is 7.10. The van der Waals surface area contributed by atoms with Crippen LogP contribution in [0.5, 0.6) is 0 Å². The molecule has 0 N–H and O–H groups in total. The Labute approximate surface area is 197 Å². The van der Waals surface area contributed by atoms with E-state index in [1.807, 2.05) is 6.33 Å². The van der Waals surface area contributed by atoms with Crippen LogP contribution in [0.15, 0.2) is 60.9 Å². The van der Waals surface area contributed by atoms with Crippen LogP contribution in [0.3, 0.4) is 0 Å². The molecule has 6 nitrogen and oxygen atoms in total. The first-order valence-corrected chi connectivity index (χ1v) is 12.3. The molecule has 0 spiro atoms. The number of hydrogen-bond acceptors (Lipinski definition) is 5. The minimum atomic E-state index is 0.122. The highest BCUT2D eigenvalue weighted by molar-refractivity contribution is 5.30.